The molecule has 0 bridgehead atoms. The Morgan fingerprint density at radius 1 is 0.966 bits per heavy atom. The summed E-state index contributed by atoms with van der Waals surface area (Å²) in [5.41, 5.74) is 0. The lowest BCUT2D eigenvalue weighted by Crippen LogP contribution is -2.36. The Labute approximate surface area is 166 Å². The van der Waals surface area contributed by atoms with Crippen molar-refractivity contribution < 1.29 is 40.6 Å². The zero-order valence-electron chi connectivity index (χ0n) is 16.5. The zero-order valence-corrected chi connectivity index (χ0v) is 17.4. The van der Waals surface area contributed by atoms with Crippen LogP contribution in [-0.2, 0) is 14.1 Å². The highest BCUT2D eigenvalue weighted by Gasteiger charge is 2.37. The van der Waals surface area contributed by atoms with Gasteiger partial charge in [-0.25, -0.2) is 17.7 Å². The number of ether oxygens (including phenoxy) is 1. The number of carbonyl (C=O) groups is 1. The van der Waals surface area contributed by atoms with Crippen LogP contribution in [0.3, 0.4) is 0 Å². The van der Waals surface area contributed by atoms with Gasteiger partial charge in [-0.3, -0.25) is 4.79 Å². The van der Waals surface area contributed by atoms with Gasteiger partial charge in [-0.2, -0.15) is 8.78 Å². The number of benzene rings is 1. The quantitative estimate of drug-likeness (QED) is 0.163. The molecule has 0 saturated heterocycles. The summed E-state index contributed by atoms with van der Waals surface area (Å²) in [6.07, 6.45) is 1.71. The summed E-state index contributed by atoms with van der Waals surface area (Å²) in [4.78, 5) is 12.3. The van der Waals surface area contributed by atoms with Crippen molar-refractivity contribution >= 4 is 14.1 Å². The van der Waals surface area contributed by atoms with E-state index >= 15 is 0 Å². The lowest BCUT2D eigenvalue weighted by atomic mass is 10.0. The van der Waals surface area contributed by atoms with Gasteiger partial charge in [0.05, 0.1) is 6.61 Å². The first-order valence-corrected chi connectivity index (χ1v) is 10.3. The van der Waals surface area contributed by atoms with Crippen LogP contribution < -0.4 is 9.61 Å². The molecule has 0 aliphatic rings. The van der Waals surface area contributed by atoms with Crippen LogP contribution in [-0.4, -0.2) is 18.6 Å². The van der Waals surface area contributed by atoms with E-state index in [2.05, 4.69) is 9.61 Å². The van der Waals surface area contributed by atoms with Crippen LogP contribution in [0.5, 0.6) is 5.75 Å². The van der Waals surface area contributed by atoms with E-state index in [1.165, 1.54) is 0 Å². The largest absolute Gasteiger partial charge is 0.664 e. The Balaban J connectivity index is 2.93. The molecule has 0 saturated carbocycles. The Morgan fingerprint density at radius 2 is 1.45 bits per heavy atom. The average molecular weight is 444 g/mol. The third kappa shape index (κ3) is 6.89. The molecule has 0 fully saturated rings. The summed E-state index contributed by atoms with van der Waals surface area (Å²) in [5.74, 6) is -13.7. The van der Waals surface area contributed by atoms with Crippen molar-refractivity contribution in [2.24, 2.45) is 11.8 Å². The zero-order chi connectivity index (χ0) is 22.3. The average Bonchev–Trinajstić information content (AvgIpc) is 2.68. The standard InChI is InChI=1S/C18H24F5NO4P/c1-5-10(6-2)8-27-18(25)11(7-9(3)4)24-29(26)28-17-15(22)13(20)12(19)14(21)16(17)23/h9-11H,5-8H2,1-4H3,(H,24,26)/q+1/t11-/m0/s1. The summed E-state index contributed by atoms with van der Waals surface area (Å²) in [7, 11) is -3.20. The maximum Gasteiger partial charge on any atom is 0.664 e. The van der Waals surface area contributed by atoms with Gasteiger partial charge in [0.2, 0.25) is 29.1 Å². The van der Waals surface area contributed by atoms with Crippen molar-refractivity contribution in [3.63, 3.8) is 0 Å². The number of rotatable bonds is 11. The highest BCUT2D eigenvalue weighted by molar-refractivity contribution is 7.37. The summed E-state index contributed by atoms with van der Waals surface area (Å²) in [6, 6.07) is -1.16. The monoisotopic (exact) mass is 444 g/mol. The Kier molecular flexibility index (Phi) is 9.92. The van der Waals surface area contributed by atoms with E-state index < -0.39 is 55.0 Å². The lowest BCUT2D eigenvalue weighted by Gasteiger charge is -2.17. The maximum absolute atomic E-state index is 13.7. The van der Waals surface area contributed by atoms with Crippen molar-refractivity contribution in [2.75, 3.05) is 6.61 Å². The van der Waals surface area contributed by atoms with E-state index in [0.29, 0.717) is 0 Å². The first kappa shape index (κ1) is 25.2. The van der Waals surface area contributed by atoms with Crippen LogP contribution in [0.4, 0.5) is 22.0 Å². The molecule has 1 aromatic carbocycles. The van der Waals surface area contributed by atoms with Crippen LogP contribution >= 0.6 is 8.18 Å². The number of hydrogen-bond acceptors (Lipinski definition) is 4. The van der Waals surface area contributed by atoms with E-state index in [1.807, 2.05) is 13.8 Å². The van der Waals surface area contributed by atoms with Crippen LogP contribution in [0.15, 0.2) is 0 Å². The Hall–Kier alpha value is -1.80. The van der Waals surface area contributed by atoms with Crippen LogP contribution in [0.1, 0.15) is 47.0 Å². The van der Waals surface area contributed by atoms with E-state index in [-0.39, 0.29) is 24.9 Å². The number of hydrogen-bond donors (Lipinski definition) is 1. The minimum Gasteiger partial charge on any atom is -0.464 e. The molecule has 2 atom stereocenters. The second-order valence-corrected chi connectivity index (χ2v) is 7.83. The summed E-state index contributed by atoms with van der Waals surface area (Å²) >= 11 is 0. The van der Waals surface area contributed by atoms with Gasteiger partial charge < -0.3 is 4.74 Å². The molecular weight excluding hydrogens is 420 g/mol. The molecule has 1 unspecified atom stereocenters. The minimum absolute atomic E-state index is 0.0641. The van der Waals surface area contributed by atoms with Gasteiger partial charge in [0.1, 0.15) is 0 Å². The lowest BCUT2D eigenvalue weighted by molar-refractivity contribution is -0.147. The van der Waals surface area contributed by atoms with E-state index in [1.54, 1.807) is 13.8 Å². The molecule has 1 aromatic rings. The van der Waals surface area contributed by atoms with E-state index in [4.69, 9.17) is 4.74 Å². The van der Waals surface area contributed by atoms with Crippen molar-refractivity contribution in [1.82, 2.24) is 5.09 Å². The molecule has 164 valence electrons. The predicted molar refractivity (Wildman–Crippen MR) is 95.9 cm³/mol. The number of esters is 1. The van der Waals surface area contributed by atoms with Crippen LogP contribution in [0.2, 0.25) is 0 Å². The van der Waals surface area contributed by atoms with Gasteiger partial charge in [0.15, 0.2) is 6.04 Å². The first-order chi connectivity index (χ1) is 13.5. The number of halogens is 5. The molecule has 11 heteroatoms. The number of nitrogens with one attached hydrogen (secondary N) is 1. The van der Waals surface area contributed by atoms with Gasteiger partial charge in [-0.15, -0.1) is 0 Å². The fraction of sp³-hybridized carbons (Fsp3) is 0.611. The summed E-state index contributed by atoms with van der Waals surface area (Å²) in [6.45, 7) is 7.53. The summed E-state index contributed by atoms with van der Waals surface area (Å²) in [5, 5.41) is 2.20. The molecule has 1 N–H and O–H groups in total. The SMILES string of the molecule is CCC(CC)COC(=O)[C@H](CC(C)C)N[P+](=O)Oc1c(F)c(F)c(F)c(F)c1F. The molecule has 0 heterocycles. The second-order valence-electron chi connectivity index (χ2n) is 6.87. The first-order valence-electron chi connectivity index (χ1n) is 9.12. The molecule has 0 radical (unpaired) electrons. The molecule has 29 heavy (non-hydrogen) atoms. The van der Waals surface area contributed by atoms with Crippen molar-refractivity contribution in [2.45, 2.75) is 53.0 Å². The topological polar surface area (TPSA) is 64.6 Å². The third-order valence-electron chi connectivity index (χ3n) is 4.21. The minimum atomic E-state index is -3.20. The van der Waals surface area contributed by atoms with Crippen LogP contribution in [0, 0.1) is 40.9 Å². The Bertz CT molecular complexity index is 714. The molecule has 1 rings (SSSR count). The van der Waals surface area contributed by atoms with E-state index in [9.17, 15) is 31.3 Å². The van der Waals surface area contributed by atoms with Gasteiger partial charge >= 0.3 is 14.1 Å². The molecule has 5 nitrogen and oxygen atoms in total. The van der Waals surface area contributed by atoms with Crippen LogP contribution in [0.25, 0.3) is 0 Å². The predicted octanol–water partition coefficient (Wildman–Crippen LogP) is 5.40. The van der Waals surface area contributed by atoms with Crippen molar-refractivity contribution in [1.29, 1.82) is 0 Å². The summed E-state index contributed by atoms with van der Waals surface area (Å²) < 4.78 is 88.6. The van der Waals surface area contributed by atoms with Gasteiger partial charge in [0, 0.05) is 4.57 Å². The molecule has 0 spiro atoms. The van der Waals surface area contributed by atoms with Crippen molar-refractivity contribution in [3.8, 4) is 5.75 Å². The number of carbonyl (C=O) groups excluding carboxylic acids is 1. The maximum atomic E-state index is 13.7. The smallest absolute Gasteiger partial charge is 0.464 e. The molecule has 0 amide bonds. The van der Waals surface area contributed by atoms with Gasteiger partial charge in [-0.05, 0) is 18.3 Å². The highest BCUT2D eigenvalue weighted by atomic mass is 31.1. The third-order valence-corrected chi connectivity index (χ3v) is 5.08. The molecule has 0 aromatic heterocycles. The Morgan fingerprint density at radius 3 is 1.90 bits per heavy atom. The molecule has 0 aliphatic heterocycles. The van der Waals surface area contributed by atoms with E-state index in [0.717, 1.165) is 12.8 Å². The molecular formula is C18H24F5NO4P+. The van der Waals surface area contributed by atoms with Gasteiger partial charge in [-0.1, -0.05) is 45.6 Å². The fourth-order valence-corrected chi connectivity index (χ4v) is 3.24. The molecule has 0 aliphatic carbocycles. The second kappa shape index (κ2) is 11.4. The fourth-order valence-electron chi connectivity index (χ4n) is 2.40. The van der Waals surface area contributed by atoms with Gasteiger partial charge in [0.25, 0.3) is 5.75 Å². The normalized spacial score (nSPS) is 13.0. The van der Waals surface area contributed by atoms with Crippen molar-refractivity contribution in [3.05, 3.63) is 29.1 Å². The highest BCUT2D eigenvalue weighted by Crippen LogP contribution is 2.34.